The molecule has 86 valence electrons. The molecule has 3 nitrogen and oxygen atoms in total. The van der Waals surface area contributed by atoms with Crippen molar-refractivity contribution in [2.75, 3.05) is 13.7 Å². The maximum absolute atomic E-state index is 5.23. The third-order valence-corrected chi connectivity index (χ3v) is 2.83. The topological polar surface area (TPSA) is 27.1 Å². The zero-order chi connectivity index (χ0) is 11.5. The summed E-state index contributed by atoms with van der Waals surface area (Å²) in [5.41, 5.74) is 2.27. The van der Waals surface area contributed by atoms with Gasteiger partial charge in [-0.15, -0.1) is 0 Å². The number of benzene rings is 1. The molecule has 0 saturated heterocycles. The predicted molar refractivity (Wildman–Crippen MR) is 65.7 cm³/mol. The largest absolute Gasteiger partial charge is 0.383 e. The lowest BCUT2D eigenvalue weighted by molar-refractivity contribution is 0.162. The number of aryl methyl sites for hydroxylation is 1. The van der Waals surface area contributed by atoms with Crippen LogP contribution < -0.4 is 0 Å². The van der Waals surface area contributed by atoms with Crippen LogP contribution in [0.4, 0.5) is 0 Å². The lowest BCUT2D eigenvalue weighted by Crippen LogP contribution is -2.13. The molecule has 2 aromatic rings. The van der Waals surface area contributed by atoms with Crippen molar-refractivity contribution in [3.63, 3.8) is 0 Å². The van der Waals surface area contributed by atoms with Crippen LogP contribution in [0.5, 0.6) is 0 Å². The Kier molecular flexibility index (Phi) is 3.25. The van der Waals surface area contributed by atoms with Crippen molar-refractivity contribution in [2.24, 2.45) is 0 Å². The van der Waals surface area contributed by atoms with Crippen LogP contribution in [0.1, 0.15) is 25.7 Å². The quantitative estimate of drug-likeness (QED) is 0.789. The van der Waals surface area contributed by atoms with Gasteiger partial charge in [-0.3, -0.25) is 0 Å². The molecular weight excluding hydrogens is 200 g/mol. The molecule has 0 aliphatic heterocycles. The summed E-state index contributed by atoms with van der Waals surface area (Å²) < 4.78 is 7.50. The number of imidazole rings is 1. The van der Waals surface area contributed by atoms with E-state index in [1.807, 2.05) is 6.07 Å². The van der Waals surface area contributed by atoms with Crippen molar-refractivity contribution in [1.29, 1.82) is 0 Å². The van der Waals surface area contributed by atoms with Crippen molar-refractivity contribution < 1.29 is 4.74 Å². The molecule has 0 radical (unpaired) electrons. The van der Waals surface area contributed by atoms with E-state index in [-0.39, 0.29) is 0 Å². The molecule has 0 N–H and O–H groups in total. The van der Waals surface area contributed by atoms with Gasteiger partial charge < -0.3 is 9.30 Å². The normalized spacial score (nSPS) is 13.2. The Morgan fingerprint density at radius 3 is 2.81 bits per heavy atom. The fourth-order valence-corrected chi connectivity index (χ4v) is 2.15. The summed E-state index contributed by atoms with van der Waals surface area (Å²) in [6.45, 7) is 5.02. The second-order valence-corrected chi connectivity index (χ2v) is 4.04. The molecule has 3 heteroatoms. The molecular formula is C13H18N2O. The molecule has 1 heterocycles. The molecule has 0 aliphatic rings. The van der Waals surface area contributed by atoms with E-state index in [9.17, 15) is 0 Å². The van der Waals surface area contributed by atoms with Gasteiger partial charge in [0, 0.05) is 13.5 Å². The van der Waals surface area contributed by atoms with Gasteiger partial charge >= 0.3 is 0 Å². The smallest absolute Gasteiger partial charge is 0.109 e. The second kappa shape index (κ2) is 4.66. The number of nitrogens with zero attached hydrogens (tertiary/aromatic N) is 2. The Bertz CT molecular complexity index is 476. The zero-order valence-corrected chi connectivity index (χ0v) is 10.1. The maximum Gasteiger partial charge on any atom is 0.109 e. The van der Waals surface area contributed by atoms with E-state index >= 15 is 0 Å². The van der Waals surface area contributed by atoms with Crippen molar-refractivity contribution >= 4 is 11.0 Å². The molecule has 0 spiro atoms. The summed E-state index contributed by atoms with van der Waals surface area (Å²) >= 11 is 0. The summed E-state index contributed by atoms with van der Waals surface area (Å²) in [7, 11) is 1.74. The number of aromatic nitrogens is 2. The fourth-order valence-electron chi connectivity index (χ4n) is 2.15. The minimum atomic E-state index is 0.326. The van der Waals surface area contributed by atoms with Gasteiger partial charge in [0.05, 0.1) is 23.7 Å². The lowest BCUT2D eigenvalue weighted by Gasteiger charge is -2.16. The Morgan fingerprint density at radius 2 is 2.12 bits per heavy atom. The SMILES string of the molecule is CCc1nc2ccccc2n1C(C)COC. The van der Waals surface area contributed by atoms with Gasteiger partial charge in [0.15, 0.2) is 0 Å². The van der Waals surface area contributed by atoms with Crippen LogP contribution >= 0.6 is 0 Å². The first-order valence-corrected chi connectivity index (χ1v) is 5.72. The summed E-state index contributed by atoms with van der Waals surface area (Å²) in [5, 5.41) is 0. The molecule has 1 aromatic heterocycles. The van der Waals surface area contributed by atoms with Gasteiger partial charge in [-0.1, -0.05) is 19.1 Å². The molecule has 1 aromatic carbocycles. The molecule has 1 atom stereocenters. The van der Waals surface area contributed by atoms with Crippen LogP contribution in [-0.2, 0) is 11.2 Å². The molecule has 0 saturated carbocycles. The first-order chi connectivity index (χ1) is 7.77. The number of fused-ring (bicyclic) bond motifs is 1. The van der Waals surface area contributed by atoms with Crippen molar-refractivity contribution in [1.82, 2.24) is 9.55 Å². The Morgan fingerprint density at radius 1 is 1.38 bits per heavy atom. The summed E-state index contributed by atoms with van der Waals surface area (Å²) in [4.78, 5) is 4.64. The highest BCUT2D eigenvalue weighted by Gasteiger charge is 2.13. The summed E-state index contributed by atoms with van der Waals surface area (Å²) in [6, 6.07) is 8.59. The zero-order valence-electron chi connectivity index (χ0n) is 10.1. The second-order valence-electron chi connectivity index (χ2n) is 4.04. The third-order valence-electron chi connectivity index (χ3n) is 2.83. The van der Waals surface area contributed by atoms with Crippen LogP contribution in [0, 0.1) is 0 Å². The van der Waals surface area contributed by atoms with Gasteiger partial charge in [0.25, 0.3) is 0 Å². The molecule has 0 amide bonds. The minimum absolute atomic E-state index is 0.326. The number of ether oxygens (including phenoxy) is 1. The molecule has 0 fully saturated rings. The third kappa shape index (κ3) is 1.83. The summed E-state index contributed by atoms with van der Waals surface area (Å²) in [6.07, 6.45) is 0.947. The fraction of sp³-hybridized carbons (Fsp3) is 0.462. The van der Waals surface area contributed by atoms with E-state index in [1.165, 1.54) is 5.52 Å². The van der Waals surface area contributed by atoms with Crippen LogP contribution in [0.3, 0.4) is 0 Å². The molecule has 0 aliphatic carbocycles. The van der Waals surface area contributed by atoms with E-state index in [0.717, 1.165) is 17.8 Å². The lowest BCUT2D eigenvalue weighted by atomic mass is 10.3. The standard InChI is InChI=1S/C13H18N2O/c1-4-13-14-11-7-5-6-8-12(11)15(13)10(2)9-16-3/h5-8,10H,4,9H2,1-3H3. The van der Waals surface area contributed by atoms with Crippen LogP contribution in [-0.4, -0.2) is 23.3 Å². The van der Waals surface area contributed by atoms with Crippen LogP contribution in [0.15, 0.2) is 24.3 Å². The first-order valence-electron chi connectivity index (χ1n) is 5.72. The van der Waals surface area contributed by atoms with Gasteiger partial charge in [-0.25, -0.2) is 4.98 Å². The van der Waals surface area contributed by atoms with E-state index in [0.29, 0.717) is 12.6 Å². The Hall–Kier alpha value is -1.35. The number of hydrogen-bond acceptors (Lipinski definition) is 2. The monoisotopic (exact) mass is 218 g/mol. The van der Waals surface area contributed by atoms with Gasteiger partial charge in [0.2, 0.25) is 0 Å². The average Bonchev–Trinajstić information content (AvgIpc) is 2.67. The highest BCUT2D eigenvalue weighted by atomic mass is 16.5. The average molecular weight is 218 g/mol. The van der Waals surface area contributed by atoms with Crippen LogP contribution in [0.2, 0.25) is 0 Å². The van der Waals surface area contributed by atoms with E-state index in [2.05, 4.69) is 41.6 Å². The van der Waals surface area contributed by atoms with Crippen molar-refractivity contribution in [2.45, 2.75) is 26.3 Å². The number of rotatable bonds is 4. The molecule has 2 rings (SSSR count). The number of para-hydroxylation sites is 2. The predicted octanol–water partition coefficient (Wildman–Crippen LogP) is 2.81. The maximum atomic E-state index is 5.23. The number of methoxy groups -OCH3 is 1. The van der Waals surface area contributed by atoms with E-state index in [1.54, 1.807) is 7.11 Å². The van der Waals surface area contributed by atoms with Gasteiger partial charge in [0.1, 0.15) is 5.82 Å². The molecule has 1 unspecified atom stereocenters. The molecule has 16 heavy (non-hydrogen) atoms. The minimum Gasteiger partial charge on any atom is -0.383 e. The Labute approximate surface area is 96.1 Å². The van der Waals surface area contributed by atoms with Gasteiger partial charge in [-0.2, -0.15) is 0 Å². The van der Waals surface area contributed by atoms with E-state index in [4.69, 9.17) is 4.74 Å². The first kappa shape index (κ1) is 11.1. The van der Waals surface area contributed by atoms with Gasteiger partial charge in [-0.05, 0) is 19.1 Å². The molecule has 0 bridgehead atoms. The van der Waals surface area contributed by atoms with Crippen molar-refractivity contribution in [3.05, 3.63) is 30.1 Å². The van der Waals surface area contributed by atoms with E-state index < -0.39 is 0 Å². The summed E-state index contributed by atoms with van der Waals surface area (Å²) in [5.74, 6) is 1.13. The highest BCUT2D eigenvalue weighted by molar-refractivity contribution is 5.76. The highest BCUT2D eigenvalue weighted by Crippen LogP contribution is 2.21. The number of hydrogen-bond donors (Lipinski definition) is 0. The van der Waals surface area contributed by atoms with Crippen LogP contribution in [0.25, 0.3) is 11.0 Å². The van der Waals surface area contributed by atoms with Crippen molar-refractivity contribution in [3.8, 4) is 0 Å². The Balaban J connectivity index is 2.55.